The molecule has 0 bridgehead atoms. The fraction of sp³-hybridized carbons (Fsp3) is 0.909. The second-order valence-electron chi connectivity index (χ2n) is 4.47. The van der Waals surface area contributed by atoms with Gasteiger partial charge in [-0.2, -0.15) is 0 Å². The fourth-order valence-corrected chi connectivity index (χ4v) is 1.03. The van der Waals surface area contributed by atoms with Gasteiger partial charge in [0.25, 0.3) is 0 Å². The summed E-state index contributed by atoms with van der Waals surface area (Å²) >= 11 is 0. The second-order valence-corrected chi connectivity index (χ2v) is 4.47. The van der Waals surface area contributed by atoms with Crippen molar-refractivity contribution < 1.29 is 9.53 Å². The van der Waals surface area contributed by atoms with Crippen LogP contribution in [-0.4, -0.2) is 18.6 Å². The predicted octanol–water partition coefficient (Wildman–Crippen LogP) is 1.95. The summed E-state index contributed by atoms with van der Waals surface area (Å²) in [6.07, 6.45) is 2.01. The standard InChI is InChI=1S/C11H23NO2/c1-8(2)6-5-7-14-11(13)10(12)9(3)4/h8-10H,5-7,12H2,1-4H3/t10-/m0/s1. The summed E-state index contributed by atoms with van der Waals surface area (Å²) in [5.41, 5.74) is 5.63. The van der Waals surface area contributed by atoms with Gasteiger partial charge in [-0.05, 0) is 24.7 Å². The van der Waals surface area contributed by atoms with Gasteiger partial charge in [0.15, 0.2) is 0 Å². The number of esters is 1. The Balaban J connectivity index is 3.54. The van der Waals surface area contributed by atoms with Gasteiger partial charge in [0.1, 0.15) is 6.04 Å². The molecular weight excluding hydrogens is 178 g/mol. The summed E-state index contributed by atoms with van der Waals surface area (Å²) in [6.45, 7) is 8.64. The maximum absolute atomic E-state index is 11.3. The molecule has 0 aromatic heterocycles. The largest absolute Gasteiger partial charge is 0.465 e. The summed E-state index contributed by atoms with van der Waals surface area (Å²) in [5, 5.41) is 0. The highest BCUT2D eigenvalue weighted by Crippen LogP contribution is 2.05. The Kier molecular flexibility index (Phi) is 6.54. The van der Waals surface area contributed by atoms with E-state index in [0.717, 1.165) is 12.8 Å². The van der Waals surface area contributed by atoms with Crippen molar-refractivity contribution in [2.45, 2.75) is 46.6 Å². The van der Waals surface area contributed by atoms with E-state index in [4.69, 9.17) is 10.5 Å². The molecule has 1 atom stereocenters. The molecule has 0 aliphatic heterocycles. The minimum absolute atomic E-state index is 0.146. The van der Waals surface area contributed by atoms with Crippen molar-refractivity contribution in [2.75, 3.05) is 6.61 Å². The highest BCUT2D eigenvalue weighted by atomic mass is 16.5. The number of nitrogens with two attached hydrogens (primary N) is 1. The third kappa shape index (κ3) is 5.97. The van der Waals surface area contributed by atoms with Crippen molar-refractivity contribution in [2.24, 2.45) is 17.6 Å². The first kappa shape index (κ1) is 13.4. The third-order valence-electron chi connectivity index (χ3n) is 2.16. The quantitative estimate of drug-likeness (QED) is 0.528. The topological polar surface area (TPSA) is 52.3 Å². The van der Waals surface area contributed by atoms with Gasteiger partial charge < -0.3 is 10.5 Å². The Bertz CT molecular complexity index is 167. The van der Waals surface area contributed by atoms with Crippen LogP contribution in [0.4, 0.5) is 0 Å². The monoisotopic (exact) mass is 201 g/mol. The molecule has 3 nitrogen and oxygen atoms in total. The molecule has 0 aliphatic carbocycles. The predicted molar refractivity (Wildman–Crippen MR) is 57.8 cm³/mol. The normalized spacial score (nSPS) is 13.4. The van der Waals surface area contributed by atoms with Crippen molar-refractivity contribution in [3.63, 3.8) is 0 Å². The van der Waals surface area contributed by atoms with Crippen LogP contribution >= 0.6 is 0 Å². The van der Waals surface area contributed by atoms with E-state index in [9.17, 15) is 4.79 Å². The molecule has 0 heterocycles. The zero-order chi connectivity index (χ0) is 11.1. The van der Waals surface area contributed by atoms with Gasteiger partial charge in [-0.1, -0.05) is 27.7 Å². The molecule has 84 valence electrons. The first-order valence-corrected chi connectivity index (χ1v) is 5.37. The molecule has 0 saturated carbocycles. The molecule has 0 amide bonds. The Hall–Kier alpha value is -0.570. The first-order valence-electron chi connectivity index (χ1n) is 5.37. The van der Waals surface area contributed by atoms with Gasteiger partial charge in [0.2, 0.25) is 0 Å². The first-order chi connectivity index (χ1) is 6.45. The summed E-state index contributed by atoms with van der Waals surface area (Å²) in [7, 11) is 0. The highest BCUT2D eigenvalue weighted by molar-refractivity contribution is 5.75. The van der Waals surface area contributed by atoms with Gasteiger partial charge >= 0.3 is 5.97 Å². The van der Waals surface area contributed by atoms with Crippen LogP contribution in [0.3, 0.4) is 0 Å². The van der Waals surface area contributed by atoms with E-state index < -0.39 is 6.04 Å². The lowest BCUT2D eigenvalue weighted by Crippen LogP contribution is -2.37. The van der Waals surface area contributed by atoms with Crippen LogP contribution in [0.15, 0.2) is 0 Å². The molecule has 0 saturated heterocycles. The average molecular weight is 201 g/mol. The number of carbonyl (C=O) groups excluding carboxylic acids is 1. The van der Waals surface area contributed by atoms with Crippen LogP contribution in [0.1, 0.15) is 40.5 Å². The number of carbonyl (C=O) groups is 1. The molecular formula is C11H23NO2. The SMILES string of the molecule is CC(C)CCCOC(=O)[C@@H](N)C(C)C. The van der Waals surface area contributed by atoms with Crippen molar-refractivity contribution >= 4 is 5.97 Å². The summed E-state index contributed by atoms with van der Waals surface area (Å²) in [6, 6.07) is -0.478. The second kappa shape index (κ2) is 6.82. The van der Waals surface area contributed by atoms with Crippen LogP contribution in [-0.2, 0) is 9.53 Å². The van der Waals surface area contributed by atoms with Crippen molar-refractivity contribution in [3.05, 3.63) is 0 Å². The van der Waals surface area contributed by atoms with Gasteiger partial charge in [0.05, 0.1) is 6.61 Å². The average Bonchev–Trinajstić information content (AvgIpc) is 2.10. The van der Waals surface area contributed by atoms with Gasteiger partial charge in [-0.25, -0.2) is 0 Å². The molecule has 0 fully saturated rings. The van der Waals surface area contributed by atoms with Crippen LogP contribution in [0.25, 0.3) is 0 Å². The minimum Gasteiger partial charge on any atom is -0.465 e. The highest BCUT2D eigenvalue weighted by Gasteiger charge is 2.18. The molecule has 0 aliphatic rings. The lowest BCUT2D eigenvalue weighted by molar-refractivity contribution is -0.146. The van der Waals surface area contributed by atoms with Gasteiger partial charge in [-0.15, -0.1) is 0 Å². The van der Waals surface area contributed by atoms with E-state index >= 15 is 0 Å². The number of hydrogen-bond donors (Lipinski definition) is 1. The lowest BCUT2D eigenvalue weighted by atomic mass is 10.1. The Morgan fingerprint density at radius 1 is 1.29 bits per heavy atom. The molecule has 0 aromatic carbocycles. The van der Waals surface area contributed by atoms with E-state index in [-0.39, 0.29) is 11.9 Å². The number of hydrogen-bond acceptors (Lipinski definition) is 3. The van der Waals surface area contributed by atoms with E-state index in [1.165, 1.54) is 0 Å². The molecule has 2 N–H and O–H groups in total. The van der Waals surface area contributed by atoms with Crippen LogP contribution in [0, 0.1) is 11.8 Å². The van der Waals surface area contributed by atoms with Gasteiger partial charge in [0, 0.05) is 0 Å². The summed E-state index contributed by atoms with van der Waals surface area (Å²) in [5.74, 6) is 0.531. The number of ether oxygens (including phenoxy) is 1. The maximum Gasteiger partial charge on any atom is 0.323 e. The van der Waals surface area contributed by atoms with Crippen molar-refractivity contribution in [3.8, 4) is 0 Å². The van der Waals surface area contributed by atoms with E-state index in [2.05, 4.69) is 13.8 Å². The molecule has 0 unspecified atom stereocenters. The molecule has 3 heteroatoms. The van der Waals surface area contributed by atoms with Crippen LogP contribution in [0.2, 0.25) is 0 Å². The van der Waals surface area contributed by atoms with Crippen LogP contribution < -0.4 is 5.73 Å². The van der Waals surface area contributed by atoms with E-state index in [0.29, 0.717) is 12.5 Å². The summed E-state index contributed by atoms with van der Waals surface area (Å²) < 4.78 is 5.05. The molecule has 0 radical (unpaired) electrons. The molecule has 0 rings (SSSR count). The number of rotatable bonds is 6. The van der Waals surface area contributed by atoms with Crippen LogP contribution in [0.5, 0.6) is 0 Å². The molecule has 14 heavy (non-hydrogen) atoms. The van der Waals surface area contributed by atoms with Gasteiger partial charge in [-0.3, -0.25) is 4.79 Å². The zero-order valence-corrected chi connectivity index (χ0v) is 9.75. The van der Waals surface area contributed by atoms with Crippen molar-refractivity contribution in [1.82, 2.24) is 0 Å². The molecule has 0 spiro atoms. The molecule has 0 aromatic rings. The van der Waals surface area contributed by atoms with Crippen molar-refractivity contribution in [1.29, 1.82) is 0 Å². The zero-order valence-electron chi connectivity index (χ0n) is 9.75. The Morgan fingerprint density at radius 3 is 2.29 bits per heavy atom. The minimum atomic E-state index is -0.478. The Morgan fingerprint density at radius 2 is 1.86 bits per heavy atom. The Labute approximate surface area is 87.0 Å². The maximum atomic E-state index is 11.3. The third-order valence-corrected chi connectivity index (χ3v) is 2.16. The summed E-state index contributed by atoms with van der Waals surface area (Å²) in [4.78, 5) is 11.3. The smallest absolute Gasteiger partial charge is 0.323 e. The lowest BCUT2D eigenvalue weighted by Gasteiger charge is -2.14. The fourth-order valence-electron chi connectivity index (χ4n) is 1.03. The van der Waals surface area contributed by atoms with E-state index in [1.54, 1.807) is 0 Å². The van der Waals surface area contributed by atoms with E-state index in [1.807, 2.05) is 13.8 Å².